The van der Waals surface area contributed by atoms with Crippen molar-refractivity contribution in [2.75, 3.05) is 19.6 Å². The van der Waals surface area contributed by atoms with Gasteiger partial charge in [-0.1, -0.05) is 69.7 Å². The molecule has 0 saturated carbocycles. The molecule has 2 aromatic carbocycles. The van der Waals surface area contributed by atoms with Gasteiger partial charge in [0, 0.05) is 6.54 Å². The van der Waals surface area contributed by atoms with Crippen LogP contribution < -0.4 is 5.32 Å². The van der Waals surface area contributed by atoms with Crippen molar-refractivity contribution in [3.63, 3.8) is 0 Å². The van der Waals surface area contributed by atoms with Crippen molar-refractivity contribution in [3.05, 3.63) is 59.2 Å². The number of benzene rings is 2. The molecule has 3 saturated heterocycles. The van der Waals surface area contributed by atoms with Crippen molar-refractivity contribution in [1.29, 1.82) is 0 Å². The number of carbonyl (C=O) groups is 1. The van der Waals surface area contributed by atoms with Crippen LogP contribution in [0, 0.1) is 11.3 Å². The summed E-state index contributed by atoms with van der Waals surface area (Å²) in [6, 6.07) is 15.8. The molecule has 2 aromatic rings. The monoisotopic (exact) mass is 460 g/mol. The number of aryl methyl sites for hydroxylation is 1. The van der Waals surface area contributed by atoms with Gasteiger partial charge < -0.3 is 10.1 Å². The molecule has 1 N–H and O–H groups in total. The van der Waals surface area contributed by atoms with Gasteiger partial charge in [-0.2, -0.15) is 0 Å². The third-order valence-electron chi connectivity index (χ3n) is 8.96. The van der Waals surface area contributed by atoms with Crippen molar-refractivity contribution < 1.29 is 9.53 Å². The van der Waals surface area contributed by atoms with Gasteiger partial charge in [-0.25, -0.2) is 4.79 Å². The SMILES string of the molecule is CCCc1ccc(-c2ccc3c(c2)CC(CC)(CC)C3NC(=O)O[C@H]2CN3CCC2CC3)cc1. The first-order valence-corrected chi connectivity index (χ1v) is 13.5. The minimum Gasteiger partial charge on any atom is -0.445 e. The molecule has 4 heteroatoms. The number of hydrogen-bond donors (Lipinski definition) is 1. The fraction of sp³-hybridized carbons (Fsp3) is 0.567. The molecule has 3 aliphatic heterocycles. The summed E-state index contributed by atoms with van der Waals surface area (Å²) in [5.41, 5.74) is 6.60. The van der Waals surface area contributed by atoms with Crippen molar-refractivity contribution in [2.45, 2.75) is 77.9 Å². The molecule has 6 rings (SSSR count). The molecular weight excluding hydrogens is 420 g/mol. The summed E-state index contributed by atoms with van der Waals surface area (Å²) in [6.45, 7) is 9.94. The Hall–Kier alpha value is -2.33. The van der Waals surface area contributed by atoms with E-state index in [0.717, 1.165) is 58.2 Å². The lowest BCUT2D eigenvalue weighted by Crippen LogP contribution is -2.53. The average Bonchev–Trinajstić information content (AvgIpc) is 3.18. The molecule has 1 unspecified atom stereocenters. The standard InChI is InChI=1S/C30H40N2O2/c1-4-7-21-8-10-22(11-9-21)24-12-13-26-25(18-24)19-30(5-2,6-3)28(26)31-29(33)34-27-20-32-16-14-23(27)15-17-32/h8-13,18,23,27-28H,4-7,14-17,19-20H2,1-3H3,(H,31,33)/t27-,28?/m0/s1. The van der Waals surface area contributed by atoms with Crippen molar-refractivity contribution in [1.82, 2.24) is 10.2 Å². The Morgan fingerprint density at radius 2 is 1.74 bits per heavy atom. The van der Waals surface area contributed by atoms with Crippen LogP contribution in [-0.4, -0.2) is 36.7 Å². The molecule has 4 aliphatic rings. The van der Waals surface area contributed by atoms with Gasteiger partial charge in [0.05, 0.1) is 6.04 Å². The van der Waals surface area contributed by atoms with Gasteiger partial charge in [-0.15, -0.1) is 0 Å². The molecule has 4 nitrogen and oxygen atoms in total. The van der Waals surface area contributed by atoms with Crippen LogP contribution >= 0.6 is 0 Å². The summed E-state index contributed by atoms with van der Waals surface area (Å²) in [4.78, 5) is 15.5. The van der Waals surface area contributed by atoms with E-state index in [4.69, 9.17) is 4.74 Å². The number of nitrogens with zero attached hydrogens (tertiary/aromatic N) is 1. The largest absolute Gasteiger partial charge is 0.445 e. The molecule has 1 aliphatic carbocycles. The summed E-state index contributed by atoms with van der Waals surface area (Å²) in [7, 11) is 0. The van der Waals surface area contributed by atoms with E-state index in [-0.39, 0.29) is 23.7 Å². The van der Waals surface area contributed by atoms with Crippen LogP contribution in [0.2, 0.25) is 0 Å². The molecule has 0 radical (unpaired) electrons. The van der Waals surface area contributed by atoms with Gasteiger partial charge in [0.1, 0.15) is 6.10 Å². The van der Waals surface area contributed by atoms with E-state index in [1.165, 1.54) is 34.2 Å². The van der Waals surface area contributed by atoms with Crippen LogP contribution in [0.5, 0.6) is 0 Å². The Labute approximate surface area is 205 Å². The molecule has 3 heterocycles. The van der Waals surface area contributed by atoms with Crippen LogP contribution in [0.1, 0.15) is 75.6 Å². The molecule has 34 heavy (non-hydrogen) atoms. The van der Waals surface area contributed by atoms with E-state index in [1.807, 2.05) is 0 Å². The maximum absolute atomic E-state index is 13.1. The highest BCUT2D eigenvalue weighted by molar-refractivity contribution is 5.70. The summed E-state index contributed by atoms with van der Waals surface area (Å²) in [5, 5.41) is 3.34. The lowest BCUT2D eigenvalue weighted by Gasteiger charge is -2.44. The molecule has 3 fully saturated rings. The highest BCUT2D eigenvalue weighted by Gasteiger charge is 2.45. The number of carbonyl (C=O) groups excluding carboxylic acids is 1. The Kier molecular flexibility index (Phi) is 6.70. The van der Waals surface area contributed by atoms with Crippen molar-refractivity contribution >= 4 is 6.09 Å². The quantitative estimate of drug-likeness (QED) is 0.511. The van der Waals surface area contributed by atoms with Gasteiger partial charge in [0.2, 0.25) is 0 Å². The van der Waals surface area contributed by atoms with E-state index >= 15 is 0 Å². The zero-order valence-electron chi connectivity index (χ0n) is 21.1. The van der Waals surface area contributed by atoms with Crippen LogP contribution in [-0.2, 0) is 17.6 Å². The lowest BCUT2D eigenvalue weighted by atomic mass is 9.76. The van der Waals surface area contributed by atoms with Crippen LogP contribution in [0.25, 0.3) is 11.1 Å². The van der Waals surface area contributed by atoms with E-state index in [1.54, 1.807) is 0 Å². The second-order valence-corrected chi connectivity index (χ2v) is 10.8. The fourth-order valence-corrected chi connectivity index (χ4v) is 6.66. The molecule has 0 spiro atoms. The third-order valence-corrected chi connectivity index (χ3v) is 8.96. The minimum atomic E-state index is -0.238. The Morgan fingerprint density at radius 3 is 2.35 bits per heavy atom. The molecule has 2 bridgehead atoms. The summed E-state index contributed by atoms with van der Waals surface area (Å²) in [5.74, 6) is 0.528. The number of fused-ring (bicyclic) bond motifs is 4. The number of rotatable bonds is 7. The number of nitrogens with one attached hydrogen (secondary N) is 1. The topological polar surface area (TPSA) is 41.6 Å². The number of amides is 1. The second kappa shape index (κ2) is 9.73. The highest BCUT2D eigenvalue weighted by atomic mass is 16.6. The zero-order valence-corrected chi connectivity index (χ0v) is 21.1. The maximum Gasteiger partial charge on any atom is 0.407 e. The van der Waals surface area contributed by atoms with Gasteiger partial charge in [0.25, 0.3) is 0 Å². The summed E-state index contributed by atoms with van der Waals surface area (Å²) in [6.07, 6.45) is 7.47. The second-order valence-electron chi connectivity index (χ2n) is 10.8. The molecule has 1 amide bonds. The first kappa shape index (κ1) is 23.4. The maximum atomic E-state index is 13.1. The molecule has 2 atom stereocenters. The molecular formula is C30H40N2O2. The molecule has 0 aromatic heterocycles. The van der Waals surface area contributed by atoms with Crippen molar-refractivity contribution in [2.24, 2.45) is 11.3 Å². The Morgan fingerprint density at radius 1 is 1.03 bits per heavy atom. The predicted molar refractivity (Wildman–Crippen MR) is 138 cm³/mol. The number of alkyl carbamates (subject to hydrolysis) is 1. The number of ether oxygens (including phenoxy) is 1. The van der Waals surface area contributed by atoms with E-state index in [0.29, 0.717) is 5.92 Å². The first-order valence-electron chi connectivity index (χ1n) is 13.5. The van der Waals surface area contributed by atoms with Gasteiger partial charge in [0.15, 0.2) is 0 Å². The van der Waals surface area contributed by atoms with E-state index < -0.39 is 0 Å². The van der Waals surface area contributed by atoms with E-state index in [9.17, 15) is 4.79 Å². The minimum absolute atomic E-state index is 0.00654. The highest BCUT2D eigenvalue weighted by Crippen LogP contribution is 2.51. The zero-order chi connectivity index (χ0) is 23.7. The van der Waals surface area contributed by atoms with Crippen LogP contribution in [0.4, 0.5) is 4.79 Å². The fourth-order valence-electron chi connectivity index (χ4n) is 6.66. The average molecular weight is 461 g/mol. The van der Waals surface area contributed by atoms with Gasteiger partial charge in [-0.05, 0) is 90.8 Å². The summed E-state index contributed by atoms with van der Waals surface area (Å²) >= 11 is 0. The van der Waals surface area contributed by atoms with Crippen LogP contribution in [0.3, 0.4) is 0 Å². The van der Waals surface area contributed by atoms with Crippen LogP contribution in [0.15, 0.2) is 42.5 Å². The number of hydrogen-bond acceptors (Lipinski definition) is 3. The third kappa shape index (κ3) is 4.37. The number of piperidine rings is 3. The first-order chi connectivity index (χ1) is 16.5. The van der Waals surface area contributed by atoms with Gasteiger partial charge >= 0.3 is 6.09 Å². The lowest BCUT2D eigenvalue weighted by molar-refractivity contribution is -0.0353. The predicted octanol–water partition coefficient (Wildman–Crippen LogP) is 6.53. The smallest absolute Gasteiger partial charge is 0.407 e. The molecule has 182 valence electrons. The normalized spacial score (nSPS) is 26.8. The summed E-state index contributed by atoms with van der Waals surface area (Å²) < 4.78 is 6.02. The van der Waals surface area contributed by atoms with Crippen molar-refractivity contribution in [3.8, 4) is 11.1 Å². The Balaban J connectivity index is 1.35. The van der Waals surface area contributed by atoms with E-state index in [2.05, 4.69) is 73.5 Å². The Bertz CT molecular complexity index is 1000. The van der Waals surface area contributed by atoms with Gasteiger partial charge in [-0.3, -0.25) is 4.90 Å².